The highest BCUT2D eigenvalue weighted by Gasteiger charge is 2.05. The van der Waals surface area contributed by atoms with Crippen molar-refractivity contribution in [3.8, 4) is 0 Å². The zero-order chi connectivity index (χ0) is 14.1. The Morgan fingerprint density at radius 2 is 1.43 bits per heavy atom. The fraction of sp³-hybridized carbons (Fsp3) is 0.0500. The Labute approximate surface area is 123 Å². The van der Waals surface area contributed by atoms with E-state index in [1.165, 1.54) is 21.9 Å². The van der Waals surface area contributed by atoms with Crippen molar-refractivity contribution in [2.24, 2.45) is 0 Å². The molecule has 0 aliphatic rings. The van der Waals surface area contributed by atoms with Crippen molar-refractivity contribution in [2.45, 2.75) is 6.42 Å². The Morgan fingerprint density at radius 1 is 0.667 bits per heavy atom. The van der Waals surface area contributed by atoms with E-state index in [0.29, 0.717) is 0 Å². The van der Waals surface area contributed by atoms with Crippen LogP contribution in [-0.4, -0.2) is 4.98 Å². The Bertz CT molecular complexity index is 910. The van der Waals surface area contributed by atoms with Crippen LogP contribution in [-0.2, 0) is 6.42 Å². The third-order valence-corrected chi connectivity index (χ3v) is 3.89. The highest BCUT2D eigenvalue weighted by Crippen LogP contribution is 2.24. The van der Waals surface area contributed by atoms with Crippen molar-refractivity contribution < 1.29 is 0 Å². The van der Waals surface area contributed by atoms with E-state index < -0.39 is 0 Å². The molecule has 0 aliphatic heterocycles. The van der Waals surface area contributed by atoms with Crippen molar-refractivity contribution in [3.05, 3.63) is 90.0 Å². The molecule has 100 valence electrons. The maximum atomic E-state index is 4.78. The second kappa shape index (κ2) is 5.02. The minimum Gasteiger partial charge on any atom is -0.248 e. The Morgan fingerprint density at radius 3 is 2.33 bits per heavy atom. The first-order valence-corrected chi connectivity index (χ1v) is 7.21. The van der Waals surface area contributed by atoms with Crippen molar-refractivity contribution in [2.75, 3.05) is 0 Å². The molecule has 4 rings (SSSR count). The zero-order valence-corrected chi connectivity index (χ0v) is 11.7. The first kappa shape index (κ1) is 12.1. The number of aromatic nitrogens is 1. The SMILES string of the molecule is c1ccc(Cc2cccc3nc4ccccc4cc23)cc1. The van der Waals surface area contributed by atoms with Gasteiger partial charge in [0.25, 0.3) is 0 Å². The molecule has 4 aromatic rings. The lowest BCUT2D eigenvalue weighted by Gasteiger charge is -2.08. The lowest BCUT2D eigenvalue weighted by molar-refractivity contribution is 1.21. The minimum absolute atomic E-state index is 0.943. The van der Waals surface area contributed by atoms with Gasteiger partial charge in [0.05, 0.1) is 11.0 Å². The van der Waals surface area contributed by atoms with E-state index in [1.54, 1.807) is 0 Å². The standard InChI is InChI=1S/C20H15N/c1-2-7-15(8-3-1)13-16-10-6-12-20-18(16)14-17-9-4-5-11-19(17)21-20/h1-12,14H,13H2. The molecule has 0 N–H and O–H groups in total. The summed E-state index contributed by atoms with van der Waals surface area (Å²) in [6.45, 7) is 0. The van der Waals surface area contributed by atoms with E-state index in [2.05, 4.69) is 72.8 Å². The van der Waals surface area contributed by atoms with Crippen molar-refractivity contribution in [1.29, 1.82) is 0 Å². The Hall–Kier alpha value is -2.67. The molecule has 0 spiro atoms. The fourth-order valence-corrected chi connectivity index (χ4v) is 2.83. The Kier molecular flexibility index (Phi) is 2.89. The molecule has 3 aromatic carbocycles. The van der Waals surface area contributed by atoms with Crippen LogP contribution >= 0.6 is 0 Å². The van der Waals surface area contributed by atoms with E-state index in [0.717, 1.165) is 17.5 Å². The van der Waals surface area contributed by atoms with Gasteiger partial charge in [-0.05, 0) is 35.7 Å². The molecule has 0 bridgehead atoms. The van der Waals surface area contributed by atoms with E-state index in [4.69, 9.17) is 4.98 Å². The summed E-state index contributed by atoms with van der Waals surface area (Å²) >= 11 is 0. The lowest BCUT2D eigenvalue weighted by Crippen LogP contribution is -1.91. The van der Waals surface area contributed by atoms with Gasteiger partial charge in [-0.15, -0.1) is 0 Å². The molecule has 0 radical (unpaired) electrons. The summed E-state index contributed by atoms with van der Waals surface area (Å²) in [5, 5.41) is 2.45. The second-order valence-corrected chi connectivity index (χ2v) is 5.33. The molecular weight excluding hydrogens is 254 g/mol. The van der Waals surface area contributed by atoms with Crippen LogP contribution in [0.5, 0.6) is 0 Å². The van der Waals surface area contributed by atoms with Gasteiger partial charge < -0.3 is 0 Å². The number of fused-ring (bicyclic) bond motifs is 2. The third kappa shape index (κ3) is 2.27. The van der Waals surface area contributed by atoms with Crippen LogP contribution in [0.3, 0.4) is 0 Å². The number of hydrogen-bond acceptors (Lipinski definition) is 1. The average molecular weight is 269 g/mol. The first-order chi connectivity index (χ1) is 10.4. The van der Waals surface area contributed by atoms with Crippen molar-refractivity contribution in [1.82, 2.24) is 4.98 Å². The predicted molar refractivity (Wildman–Crippen MR) is 88.5 cm³/mol. The van der Waals surface area contributed by atoms with Crippen molar-refractivity contribution >= 4 is 21.8 Å². The molecule has 0 fully saturated rings. The quantitative estimate of drug-likeness (QED) is 0.468. The monoisotopic (exact) mass is 269 g/mol. The smallest absolute Gasteiger partial charge is 0.0712 e. The topological polar surface area (TPSA) is 12.9 Å². The van der Waals surface area contributed by atoms with Crippen LogP contribution in [0.2, 0.25) is 0 Å². The number of hydrogen-bond donors (Lipinski definition) is 0. The van der Waals surface area contributed by atoms with Crippen LogP contribution in [0.4, 0.5) is 0 Å². The zero-order valence-electron chi connectivity index (χ0n) is 11.7. The van der Waals surface area contributed by atoms with E-state index in [1.807, 2.05) is 6.07 Å². The highest BCUT2D eigenvalue weighted by molar-refractivity contribution is 5.94. The second-order valence-electron chi connectivity index (χ2n) is 5.33. The number of pyridine rings is 1. The number of benzene rings is 3. The largest absolute Gasteiger partial charge is 0.248 e. The maximum Gasteiger partial charge on any atom is 0.0712 e. The van der Waals surface area contributed by atoms with Gasteiger partial charge in [-0.1, -0.05) is 60.7 Å². The predicted octanol–water partition coefficient (Wildman–Crippen LogP) is 4.98. The van der Waals surface area contributed by atoms with Gasteiger partial charge in [-0.2, -0.15) is 0 Å². The average Bonchev–Trinajstić information content (AvgIpc) is 2.54. The summed E-state index contributed by atoms with van der Waals surface area (Å²) in [4.78, 5) is 4.78. The molecule has 1 heteroatoms. The molecule has 0 amide bonds. The number of nitrogens with zero attached hydrogens (tertiary/aromatic N) is 1. The fourth-order valence-electron chi connectivity index (χ4n) is 2.83. The normalized spacial score (nSPS) is 11.0. The molecule has 0 unspecified atom stereocenters. The Balaban J connectivity index is 1.90. The molecule has 1 aromatic heterocycles. The van der Waals surface area contributed by atoms with Gasteiger partial charge in [0.2, 0.25) is 0 Å². The molecular formula is C20H15N. The molecule has 0 aliphatic carbocycles. The molecule has 1 heterocycles. The summed E-state index contributed by atoms with van der Waals surface area (Å²) < 4.78 is 0. The molecule has 1 nitrogen and oxygen atoms in total. The van der Waals surface area contributed by atoms with Crippen LogP contribution in [0.1, 0.15) is 11.1 Å². The molecule has 0 saturated carbocycles. The summed E-state index contributed by atoms with van der Waals surface area (Å²) in [5.41, 5.74) is 4.79. The van der Waals surface area contributed by atoms with E-state index in [-0.39, 0.29) is 0 Å². The van der Waals surface area contributed by atoms with Crippen LogP contribution in [0, 0.1) is 0 Å². The summed E-state index contributed by atoms with van der Waals surface area (Å²) in [6, 6.07) is 27.5. The van der Waals surface area contributed by atoms with Crippen LogP contribution in [0.25, 0.3) is 21.8 Å². The maximum absolute atomic E-state index is 4.78. The van der Waals surface area contributed by atoms with Gasteiger partial charge in [0, 0.05) is 10.8 Å². The molecule has 0 saturated heterocycles. The number of rotatable bonds is 2. The van der Waals surface area contributed by atoms with Gasteiger partial charge in [-0.3, -0.25) is 0 Å². The van der Waals surface area contributed by atoms with E-state index >= 15 is 0 Å². The summed E-state index contributed by atoms with van der Waals surface area (Å²) in [6.07, 6.45) is 0.943. The summed E-state index contributed by atoms with van der Waals surface area (Å²) in [7, 11) is 0. The number of para-hydroxylation sites is 1. The van der Waals surface area contributed by atoms with Crippen LogP contribution < -0.4 is 0 Å². The van der Waals surface area contributed by atoms with Gasteiger partial charge in [-0.25, -0.2) is 4.98 Å². The third-order valence-electron chi connectivity index (χ3n) is 3.89. The van der Waals surface area contributed by atoms with Gasteiger partial charge in [0.15, 0.2) is 0 Å². The first-order valence-electron chi connectivity index (χ1n) is 7.21. The molecule has 21 heavy (non-hydrogen) atoms. The lowest BCUT2D eigenvalue weighted by atomic mass is 9.99. The van der Waals surface area contributed by atoms with Crippen molar-refractivity contribution in [3.63, 3.8) is 0 Å². The van der Waals surface area contributed by atoms with E-state index in [9.17, 15) is 0 Å². The minimum atomic E-state index is 0.943. The molecule has 0 atom stereocenters. The van der Waals surface area contributed by atoms with Gasteiger partial charge >= 0.3 is 0 Å². The van der Waals surface area contributed by atoms with Crippen LogP contribution in [0.15, 0.2) is 78.9 Å². The van der Waals surface area contributed by atoms with Gasteiger partial charge in [0.1, 0.15) is 0 Å². The summed E-state index contributed by atoms with van der Waals surface area (Å²) in [5.74, 6) is 0. The highest BCUT2D eigenvalue weighted by atomic mass is 14.7.